The summed E-state index contributed by atoms with van der Waals surface area (Å²) in [7, 11) is 2.05. The largest absolute Gasteiger partial charge is 0.359 e. The van der Waals surface area contributed by atoms with Gasteiger partial charge >= 0.3 is 0 Å². The van der Waals surface area contributed by atoms with Gasteiger partial charge in [-0.15, -0.1) is 0 Å². The lowest BCUT2D eigenvalue weighted by Crippen LogP contribution is -2.22. The van der Waals surface area contributed by atoms with Crippen molar-refractivity contribution in [2.45, 2.75) is 34.1 Å². The van der Waals surface area contributed by atoms with E-state index in [-0.39, 0.29) is 0 Å². The molecule has 0 saturated carbocycles. The highest BCUT2D eigenvalue weighted by atomic mass is 35.5. The molecule has 0 amide bonds. The Kier molecular flexibility index (Phi) is 4.54. The Morgan fingerprint density at radius 1 is 1.25 bits per heavy atom. The Morgan fingerprint density at radius 3 is 2.44 bits per heavy atom. The lowest BCUT2D eigenvalue weighted by atomic mass is 10.1. The van der Waals surface area contributed by atoms with Crippen molar-refractivity contribution in [1.82, 2.24) is 9.97 Å². The molecule has 16 heavy (non-hydrogen) atoms. The molecule has 0 aliphatic heterocycles. The molecule has 3 nitrogen and oxygen atoms in total. The highest BCUT2D eigenvalue weighted by molar-refractivity contribution is 6.30. The summed E-state index contributed by atoms with van der Waals surface area (Å²) in [4.78, 5) is 10.7. The quantitative estimate of drug-likeness (QED) is 0.758. The van der Waals surface area contributed by atoms with E-state index in [1.54, 1.807) is 0 Å². The Bertz CT molecular complexity index is 364. The van der Waals surface area contributed by atoms with Gasteiger partial charge in [0.15, 0.2) is 0 Å². The average molecular weight is 242 g/mol. The summed E-state index contributed by atoms with van der Waals surface area (Å²) in [6, 6.07) is 0. The van der Waals surface area contributed by atoms with Gasteiger partial charge < -0.3 is 4.90 Å². The van der Waals surface area contributed by atoms with Crippen molar-refractivity contribution in [2.75, 3.05) is 18.5 Å². The normalized spacial score (nSPS) is 10.9. The molecule has 1 aromatic heterocycles. The van der Waals surface area contributed by atoms with Crippen LogP contribution in [0.25, 0.3) is 0 Å². The zero-order chi connectivity index (χ0) is 12.3. The number of hydrogen-bond donors (Lipinski definition) is 0. The summed E-state index contributed by atoms with van der Waals surface area (Å²) < 4.78 is 0. The van der Waals surface area contributed by atoms with Gasteiger partial charge in [-0.25, -0.2) is 9.97 Å². The van der Waals surface area contributed by atoms with Crippen LogP contribution in [-0.2, 0) is 0 Å². The summed E-state index contributed by atoms with van der Waals surface area (Å²) in [5.41, 5.74) is 0.957. The second-order valence-corrected chi connectivity index (χ2v) is 4.97. The van der Waals surface area contributed by atoms with E-state index >= 15 is 0 Å². The fourth-order valence-corrected chi connectivity index (χ4v) is 1.72. The van der Waals surface area contributed by atoms with Crippen molar-refractivity contribution >= 4 is 17.4 Å². The van der Waals surface area contributed by atoms with Crippen LogP contribution in [-0.4, -0.2) is 23.6 Å². The molecule has 0 unspecified atom stereocenters. The summed E-state index contributed by atoms with van der Waals surface area (Å²) in [5, 5.41) is 0.555. The van der Waals surface area contributed by atoms with E-state index < -0.39 is 0 Å². The number of halogens is 1. The topological polar surface area (TPSA) is 29.0 Å². The van der Waals surface area contributed by atoms with Crippen LogP contribution >= 0.6 is 11.6 Å². The molecule has 4 heteroatoms. The highest BCUT2D eigenvalue weighted by Gasteiger charge is 2.11. The van der Waals surface area contributed by atoms with E-state index in [0.29, 0.717) is 11.1 Å². The minimum absolute atomic E-state index is 0.555. The number of hydrogen-bond acceptors (Lipinski definition) is 3. The van der Waals surface area contributed by atoms with Gasteiger partial charge in [-0.1, -0.05) is 25.4 Å². The van der Waals surface area contributed by atoms with Gasteiger partial charge in [0.1, 0.15) is 16.8 Å². The van der Waals surface area contributed by atoms with Gasteiger partial charge in [0.25, 0.3) is 0 Å². The van der Waals surface area contributed by atoms with Gasteiger partial charge in [-0.3, -0.25) is 0 Å². The standard InChI is InChI=1S/C12H20ClN3/c1-8(2)6-7-16(5)12-9(3)11(13)14-10(4)15-12/h8H,6-7H2,1-5H3. The number of anilines is 1. The fourth-order valence-electron chi connectivity index (χ4n) is 1.51. The van der Waals surface area contributed by atoms with E-state index in [0.717, 1.165) is 30.2 Å². The number of aromatic nitrogens is 2. The first-order chi connectivity index (χ1) is 7.41. The minimum Gasteiger partial charge on any atom is -0.359 e. The molecule has 0 N–H and O–H groups in total. The van der Waals surface area contributed by atoms with Crippen molar-refractivity contribution < 1.29 is 0 Å². The van der Waals surface area contributed by atoms with Crippen LogP contribution in [0.15, 0.2) is 0 Å². The van der Waals surface area contributed by atoms with Crippen molar-refractivity contribution in [3.63, 3.8) is 0 Å². The third kappa shape index (κ3) is 3.34. The molecule has 1 heterocycles. The maximum Gasteiger partial charge on any atom is 0.137 e. The van der Waals surface area contributed by atoms with E-state index in [2.05, 4.69) is 28.7 Å². The number of aryl methyl sites for hydroxylation is 1. The lowest BCUT2D eigenvalue weighted by molar-refractivity contribution is 0.583. The summed E-state index contributed by atoms with van der Waals surface area (Å²) in [5.74, 6) is 2.36. The molecule has 0 atom stereocenters. The first-order valence-corrected chi connectivity index (χ1v) is 6.01. The summed E-state index contributed by atoms with van der Waals surface area (Å²) in [6.07, 6.45) is 1.15. The molecule has 1 rings (SSSR count). The van der Waals surface area contributed by atoms with Gasteiger partial charge in [-0.2, -0.15) is 0 Å². The SMILES string of the molecule is Cc1nc(Cl)c(C)c(N(C)CCC(C)C)n1. The molecular formula is C12H20ClN3. The molecule has 0 bridgehead atoms. The van der Waals surface area contributed by atoms with Crippen molar-refractivity contribution in [3.05, 3.63) is 16.5 Å². The zero-order valence-electron chi connectivity index (χ0n) is 10.7. The van der Waals surface area contributed by atoms with Crippen LogP contribution in [0.3, 0.4) is 0 Å². The maximum absolute atomic E-state index is 6.05. The van der Waals surface area contributed by atoms with Gasteiger partial charge in [0, 0.05) is 19.2 Å². The Balaban J connectivity index is 2.86. The third-order valence-corrected chi connectivity index (χ3v) is 2.94. The number of rotatable bonds is 4. The van der Waals surface area contributed by atoms with E-state index in [4.69, 9.17) is 11.6 Å². The smallest absolute Gasteiger partial charge is 0.137 e. The molecule has 0 spiro atoms. The predicted molar refractivity (Wildman–Crippen MR) is 69.2 cm³/mol. The Hall–Kier alpha value is -0.830. The van der Waals surface area contributed by atoms with Crippen LogP contribution in [0.2, 0.25) is 5.15 Å². The second-order valence-electron chi connectivity index (χ2n) is 4.61. The molecule has 90 valence electrons. The highest BCUT2D eigenvalue weighted by Crippen LogP contribution is 2.22. The molecule has 0 aliphatic carbocycles. The van der Waals surface area contributed by atoms with Crippen LogP contribution < -0.4 is 4.90 Å². The van der Waals surface area contributed by atoms with Crippen LogP contribution in [0.5, 0.6) is 0 Å². The first kappa shape index (κ1) is 13.2. The number of nitrogens with zero attached hydrogens (tertiary/aromatic N) is 3. The summed E-state index contributed by atoms with van der Waals surface area (Å²) >= 11 is 6.05. The monoisotopic (exact) mass is 241 g/mol. The van der Waals surface area contributed by atoms with Crippen LogP contribution in [0, 0.1) is 19.8 Å². The maximum atomic E-state index is 6.05. The first-order valence-electron chi connectivity index (χ1n) is 5.63. The van der Waals surface area contributed by atoms with Crippen molar-refractivity contribution in [3.8, 4) is 0 Å². The second kappa shape index (κ2) is 5.48. The van der Waals surface area contributed by atoms with Gasteiger partial charge in [-0.05, 0) is 26.2 Å². The van der Waals surface area contributed by atoms with E-state index in [1.807, 2.05) is 20.9 Å². The minimum atomic E-state index is 0.555. The van der Waals surface area contributed by atoms with E-state index in [9.17, 15) is 0 Å². The van der Waals surface area contributed by atoms with Crippen LogP contribution in [0.4, 0.5) is 5.82 Å². The molecule has 1 aromatic rings. The molecule has 0 aliphatic rings. The molecule has 0 saturated heterocycles. The summed E-state index contributed by atoms with van der Waals surface area (Å²) in [6.45, 7) is 9.26. The zero-order valence-corrected chi connectivity index (χ0v) is 11.5. The molecule has 0 radical (unpaired) electrons. The molecule has 0 aromatic carbocycles. The van der Waals surface area contributed by atoms with Gasteiger partial charge in [0.05, 0.1) is 0 Å². The Morgan fingerprint density at radius 2 is 1.88 bits per heavy atom. The van der Waals surface area contributed by atoms with Crippen LogP contribution in [0.1, 0.15) is 31.7 Å². The van der Waals surface area contributed by atoms with E-state index in [1.165, 1.54) is 0 Å². The predicted octanol–water partition coefficient (Wildman–Crippen LogP) is 3.23. The Labute approximate surface area is 103 Å². The third-order valence-electron chi connectivity index (χ3n) is 2.58. The van der Waals surface area contributed by atoms with Gasteiger partial charge in [0.2, 0.25) is 0 Å². The fraction of sp³-hybridized carbons (Fsp3) is 0.667. The average Bonchev–Trinajstić information content (AvgIpc) is 2.19. The van der Waals surface area contributed by atoms with Crippen molar-refractivity contribution in [2.24, 2.45) is 5.92 Å². The molecule has 0 fully saturated rings. The lowest BCUT2D eigenvalue weighted by Gasteiger charge is -2.21. The molecular weight excluding hydrogens is 222 g/mol. The van der Waals surface area contributed by atoms with Crippen molar-refractivity contribution in [1.29, 1.82) is 0 Å².